The smallest absolute Gasteiger partial charge is 0.341 e. The van der Waals surface area contributed by atoms with Gasteiger partial charge in [-0.25, -0.2) is 4.79 Å². The minimum absolute atomic E-state index is 0.112. The summed E-state index contributed by atoms with van der Waals surface area (Å²) in [5, 5.41) is 15.0. The van der Waals surface area contributed by atoms with Crippen molar-refractivity contribution in [2.45, 2.75) is 25.5 Å². The van der Waals surface area contributed by atoms with Crippen LogP contribution in [0.1, 0.15) is 22.8 Å². The first kappa shape index (κ1) is 25.0. The van der Waals surface area contributed by atoms with Gasteiger partial charge >= 0.3 is 5.97 Å². The molecule has 4 rings (SSSR count). The van der Waals surface area contributed by atoms with E-state index in [-0.39, 0.29) is 11.7 Å². The van der Waals surface area contributed by atoms with E-state index in [1.165, 1.54) is 30.2 Å². The minimum atomic E-state index is -0.521. The van der Waals surface area contributed by atoms with Crippen molar-refractivity contribution >= 4 is 51.6 Å². The van der Waals surface area contributed by atoms with E-state index in [9.17, 15) is 9.59 Å². The molecule has 0 fully saturated rings. The Morgan fingerprint density at radius 3 is 2.54 bits per heavy atom. The Balaban J connectivity index is 1.51. The molecule has 35 heavy (non-hydrogen) atoms. The van der Waals surface area contributed by atoms with Gasteiger partial charge in [0.15, 0.2) is 11.0 Å². The molecule has 0 aliphatic heterocycles. The minimum Gasteiger partial charge on any atom is -0.465 e. The van der Waals surface area contributed by atoms with Crippen LogP contribution >= 0.6 is 34.7 Å². The highest BCUT2D eigenvalue weighted by atomic mass is 35.5. The summed E-state index contributed by atoms with van der Waals surface area (Å²) in [5.74, 6) is 0.105. The van der Waals surface area contributed by atoms with Crippen molar-refractivity contribution < 1.29 is 14.3 Å². The van der Waals surface area contributed by atoms with Crippen molar-refractivity contribution in [2.75, 3.05) is 18.2 Å². The van der Waals surface area contributed by atoms with Gasteiger partial charge in [-0.05, 0) is 37.1 Å². The summed E-state index contributed by atoms with van der Waals surface area (Å²) in [6.07, 6.45) is 0. The summed E-state index contributed by atoms with van der Waals surface area (Å²) in [6.45, 7) is 4.72. The van der Waals surface area contributed by atoms with E-state index in [1.54, 1.807) is 12.1 Å². The zero-order valence-electron chi connectivity index (χ0n) is 19.4. The van der Waals surface area contributed by atoms with Crippen LogP contribution in [-0.2, 0) is 16.1 Å². The lowest BCUT2D eigenvalue weighted by molar-refractivity contribution is -0.113. The topological polar surface area (TPSA) is 86.1 Å². The fourth-order valence-electron chi connectivity index (χ4n) is 3.59. The predicted molar refractivity (Wildman–Crippen MR) is 141 cm³/mol. The van der Waals surface area contributed by atoms with Crippen LogP contribution in [0.15, 0.2) is 59.1 Å². The van der Waals surface area contributed by atoms with E-state index in [2.05, 4.69) is 15.5 Å². The van der Waals surface area contributed by atoms with Crippen LogP contribution in [-0.4, -0.2) is 39.5 Å². The Morgan fingerprint density at radius 1 is 1.11 bits per heavy atom. The second-order valence-electron chi connectivity index (χ2n) is 7.55. The number of benzene rings is 2. The first-order valence-corrected chi connectivity index (χ1v) is 13.0. The maximum atomic E-state index is 12.8. The fourth-order valence-corrected chi connectivity index (χ4v) is 5.49. The summed E-state index contributed by atoms with van der Waals surface area (Å²) >= 11 is 8.56. The van der Waals surface area contributed by atoms with Crippen molar-refractivity contribution in [3.63, 3.8) is 0 Å². The molecular formula is C25H23ClN4O3S2. The number of methoxy groups -OCH3 is 1. The van der Waals surface area contributed by atoms with Crippen LogP contribution in [0.3, 0.4) is 0 Å². The summed E-state index contributed by atoms with van der Waals surface area (Å²) < 4.78 is 6.97. The number of amides is 1. The van der Waals surface area contributed by atoms with Crippen LogP contribution in [0.4, 0.5) is 5.00 Å². The molecule has 4 aromatic rings. The normalized spacial score (nSPS) is 10.9. The number of hydrogen-bond donors (Lipinski definition) is 1. The number of thiophene rings is 1. The third-order valence-corrected chi connectivity index (χ3v) is 7.45. The lowest BCUT2D eigenvalue weighted by Crippen LogP contribution is -2.16. The van der Waals surface area contributed by atoms with Gasteiger partial charge in [-0.3, -0.25) is 4.79 Å². The maximum absolute atomic E-state index is 12.8. The Kier molecular flexibility index (Phi) is 7.90. The SMILES string of the molecule is CCn1c(SCC(=O)Nc2scc(-c3ccc(Cl)cc3)c2C(=O)OC)nnc1-c1ccccc1C. The van der Waals surface area contributed by atoms with Crippen LogP contribution in [0.25, 0.3) is 22.5 Å². The molecule has 7 nitrogen and oxygen atoms in total. The molecule has 2 aromatic carbocycles. The quantitative estimate of drug-likeness (QED) is 0.218. The second kappa shape index (κ2) is 11.1. The lowest BCUT2D eigenvalue weighted by Gasteiger charge is -2.10. The Morgan fingerprint density at radius 2 is 1.86 bits per heavy atom. The Bertz CT molecular complexity index is 1370. The van der Waals surface area contributed by atoms with E-state index >= 15 is 0 Å². The first-order chi connectivity index (χ1) is 16.9. The molecule has 0 saturated carbocycles. The Labute approximate surface area is 216 Å². The zero-order valence-corrected chi connectivity index (χ0v) is 21.8. The highest BCUT2D eigenvalue weighted by molar-refractivity contribution is 7.99. The van der Waals surface area contributed by atoms with Crippen LogP contribution in [0.5, 0.6) is 0 Å². The third-order valence-electron chi connectivity index (χ3n) is 5.34. The number of nitrogens with zero attached hydrogens (tertiary/aromatic N) is 3. The molecule has 0 bridgehead atoms. The number of hydrogen-bond acceptors (Lipinski definition) is 7. The molecule has 2 aromatic heterocycles. The molecule has 0 aliphatic carbocycles. The number of aryl methyl sites for hydroxylation is 1. The average Bonchev–Trinajstić information content (AvgIpc) is 3.47. The van der Waals surface area contributed by atoms with Gasteiger partial charge in [0.2, 0.25) is 5.91 Å². The molecule has 2 heterocycles. The van der Waals surface area contributed by atoms with Crippen molar-refractivity contribution in [1.29, 1.82) is 0 Å². The summed E-state index contributed by atoms with van der Waals surface area (Å²) in [6, 6.07) is 15.1. The molecule has 0 atom stereocenters. The number of carbonyl (C=O) groups is 2. The van der Waals surface area contributed by atoms with Crippen LogP contribution in [0.2, 0.25) is 5.02 Å². The van der Waals surface area contributed by atoms with E-state index in [1.807, 2.05) is 60.2 Å². The molecular weight excluding hydrogens is 504 g/mol. The highest BCUT2D eigenvalue weighted by Gasteiger charge is 2.23. The average molecular weight is 527 g/mol. The van der Waals surface area contributed by atoms with Crippen molar-refractivity contribution in [3.05, 3.63) is 70.1 Å². The number of thioether (sulfide) groups is 1. The summed E-state index contributed by atoms with van der Waals surface area (Å²) in [5.41, 5.74) is 3.91. The number of rotatable bonds is 8. The number of ether oxygens (including phenoxy) is 1. The largest absolute Gasteiger partial charge is 0.465 e. The van der Waals surface area contributed by atoms with Gasteiger partial charge in [-0.15, -0.1) is 21.5 Å². The van der Waals surface area contributed by atoms with Gasteiger partial charge in [-0.1, -0.05) is 59.8 Å². The van der Waals surface area contributed by atoms with Crippen molar-refractivity contribution in [2.24, 2.45) is 0 Å². The van der Waals surface area contributed by atoms with E-state index in [4.69, 9.17) is 16.3 Å². The second-order valence-corrected chi connectivity index (χ2v) is 9.81. The van der Waals surface area contributed by atoms with Crippen molar-refractivity contribution in [1.82, 2.24) is 14.8 Å². The predicted octanol–water partition coefficient (Wildman–Crippen LogP) is 6.17. The zero-order chi connectivity index (χ0) is 24.9. The lowest BCUT2D eigenvalue weighted by atomic mass is 10.0. The molecule has 0 unspecified atom stereocenters. The third kappa shape index (κ3) is 5.42. The number of halogens is 1. The van der Waals surface area contributed by atoms with Crippen LogP contribution in [0, 0.1) is 6.92 Å². The first-order valence-electron chi connectivity index (χ1n) is 10.8. The van der Waals surface area contributed by atoms with E-state index in [0.717, 1.165) is 22.5 Å². The standard InChI is InChI=1S/C25H23ClN4O3S2/c1-4-30-22(18-8-6-5-7-15(18)2)28-29-25(30)35-14-20(31)27-23-21(24(32)33-3)19(13-34-23)16-9-11-17(26)12-10-16/h5-13H,4,14H2,1-3H3,(H,27,31). The van der Waals surface area contributed by atoms with Crippen molar-refractivity contribution in [3.8, 4) is 22.5 Å². The number of nitrogens with one attached hydrogen (secondary N) is 1. The van der Waals surface area contributed by atoms with Gasteiger partial charge in [0, 0.05) is 28.1 Å². The van der Waals surface area contributed by atoms with E-state index in [0.29, 0.717) is 32.9 Å². The number of aromatic nitrogens is 3. The molecule has 1 N–H and O–H groups in total. The fraction of sp³-hybridized carbons (Fsp3) is 0.200. The maximum Gasteiger partial charge on any atom is 0.341 e. The monoisotopic (exact) mass is 526 g/mol. The van der Waals surface area contributed by atoms with E-state index < -0.39 is 5.97 Å². The molecule has 0 saturated heterocycles. The number of carbonyl (C=O) groups excluding carboxylic acids is 2. The van der Waals surface area contributed by atoms with Gasteiger partial charge in [0.1, 0.15) is 10.6 Å². The summed E-state index contributed by atoms with van der Waals surface area (Å²) in [4.78, 5) is 25.4. The molecule has 0 radical (unpaired) electrons. The Hall–Kier alpha value is -3.14. The van der Waals surface area contributed by atoms with Gasteiger partial charge in [0.05, 0.1) is 12.9 Å². The molecule has 180 valence electrons. The molecule has 0 aliphatic rings. The number of anilines is 1. The van der Waals surface area contributed by atoms with Gasteiger partial charge in [-0.2, -0.15) is 0 Å². The molecule has 10 heteroatoms. The highest BCUT2D eigenvalue weighted by Crippen LogP contribution is 2.37. The number of esters is 1. The molecule has 0 spiro atoms. The van der Waals surface area contributed by atoms with Gasteiger partial charge < -0.3 is 14.6 Å². The summed E-state index contributed by atoms with van der Waals surface area (Å²) in [7, 11) is 1.32. The van der Waals surface area contributed by atoms with Gasteiger partial charge in [0.25, 0.3) is 0 Å². The molecule has 1 amide bonds. The van der Waals surface area contributed by atoms with Crippen LogP contribution < -0.4 is 5.32 Å².